The normalized spacial score (nSPS) is 10.5. The molecule has 2 aromatic rings. The SMILES string of the molecule is Cc1ccc(O)c(CNc2cc(F)c(Br)cc2F)n1. The van der Waals surface area contributed by atoms with Crippen molar-refractivity contribution in [1.82, 2.24) is 4.98 Å². The molecule has 0 atom stereocenters. The molecule has 0 saturated heterocycles. The van der Waals surface area contributed by atoms with Gasteiger partial charge in [0, 0.05) is 11.8 Å². The van der Waals surface area contributed by atoms with E-state index >= 15 is 0 Å². The number of anilines is 1. The van der Waals surface area contributed by atoms with E-state index in [0.29, 0.717) is 5.69 Å². The predicted octanol–water partition coefficient (Wildman–Crippen LogP) is 3.75. The Morgan fingerprint density at radius 1 is 1.26 bits per heavy atom. The highest BCUT2D eigenvalue weighted by Crippen LogP contribution is 2.24. The first-order valence-electron chi connectivity index (χ1n) is 5.51. The molecule has 0 bridgehead atoms. The molecule has 0 fully saturated rings. The van der Waals surface area contributed by atoms with Gasteiger partial charge in [0.2, 0.25) is 0 Å². The molecular formula is C13H11BrF2N2O. The van der Waals surface area contributed by atoms with Crippen molar-refractivity contribution >= 4 is 21.6 Å². The van der Waals surface area contributed by atoms with E-state index in [2.05, 4.69) is 26.2 Å². The standard InChI is InChI=1S/C13H11BrF2N2O/c1-7-2-3-13(19)12(18-7)6-17-11-5-9(15)8(14)4-10(11)16/h2-5,17,19H,6H2,1H3. The van der Waals surface area contributed by atoms with Crippen LogP contribution < -0.4 is 5.32 Å². The van der Waals surface area contributed by atoms with Gasteiger partial charge in [-0.05, 0) is 41.1 Å². The van der Waals surface area contributed by atoms with Gasteiger partial charge in [-0.25, -0.2) is 8.78 Å². The summed E-state index contributed by atoms with van der Waals surface area (Å²) >= 11 is 2.90. The minimum atomic E-state index is -0.583. The summed E-state index contributed by atoms with van der Waals surface area (Å²) in [6.07, 6.45) is 0. The van der Waals surface area contributed by atoms with Gasteiger partial charge in [-0.3, -0.25) is 4.98 Å². The number of nitrogens with one attached hydrogen (secondary N) is 1. The third kappa shape index (κ3) is 3.20. The first kappa shape index (κ1) is 13.7. The van der Waals surface area contributed by atoms with Gasteiger partial charge in [0.1, 0.15) is 23.1 Å². The lowest BCUT2D eigenvalue weighted by atomic mass is 10.2. The van der Waals surface area contributed by atoms with Crippen molar-refractivity contribution in [1.29, 1.82) is 0 Å². The second-order valence-corrected chi connectivity index (χ2v) is 4.87. The first-order chi connectivity index (χ1) is 8.97. The summed E-state index contributed by atoms with van der Waals surface area (Å²) < 4.78 is 26.9. The molecule has 100 valence electrons. The number of nitrogens with zero attached hydrogens (tertiary/aromatic N) is 1. The summed E-state index contributed by atoms with van der Waals surface area (Å²) in [6, 6.07) is 5.27. The number of aryl methyl sites for hydroxylation is 1. The van der Waals surface area contributed by atoms with Crippen LogP contribution in [0.4, 0.5) is 14.5 Å². The largest absolute Gasteiger partial charge is 0.506 e. The Hall–Kier alpha value is -1.69. The van der Waals surface area contributed by atoms with E-state index in [1.807, 2.05) is 0 Å². The van der Waals surface area contributed by atoms with Crippen LogP contribution in [-0.4, -0.2) is 10.1 Å². The maximum absolute atomic E-state index is 13.6. The Morgan fingerprint density at radius 3 is 2.74 bits per heavy atom. The second-order valence-electron chi connectivity index (χ2n) is 4.02. The number of pyridine rings is 1. The monoisotopic (exact) mass is 328 g/mol. The number of halogens is 3. The lowest BCUT2D eigenvalue weighted by molar-refractivity contribution is 0.464. The van der Waals surface area contributed by atoms with E-state index in [1.54, 1.807) is 13.0 Å². The molecule has 1 heterocycles. The highest BCUT2D eigenvalue weighted by molar-refractivity contribution is 9.10. The third-order valence-electron chi connectivity index (χ3n) is 2.55. The van der Waals surface area contributed by atoms with E-state index in [0.717, 1.165) is 17.8 Å². The Labute approximate surface area is 117 Å². The maximum Gasteiger partial charge on any atom is 0.147 e. The van der Waals surface area contributed by atoms with E-state index < -0.39 is 11.6 Å². The van der Waals surface area contributed by atoms with Crippen LogP contribution in [0, 0.1) is 18.6 Å². The molecule has 0 saturated carbocycles. The van der Waals surface area contributed by atoms with Crippen molar-refractivity contribution in [3.05, 3.63) is 51.8 Å². The number of benzene rings is 1. The fourth-order valence-electron chi connectivity index (χ4n) is 1.57. The van der Waals surface area contributed by atoms with Crippen LogP contribution in [0.15, 0.2) is 28.7 Å². The third-order valence-corrected chi connectivity index (χ3v) is 3.15. The smallest absolute Gasteiger partial charge is 0.147 e. The summed E-state index contributed by atoms with van der Waals surface area (Å²) in [5, 5.41) is 12.3. The molecule has 1 aromatic carbocycles. The molecule has 0 aliphatic rings. The van der Waals surface area contributed by atoms with Gasteiger partial charge >= 0.3 is 0 Å². The quantitative estimate of drug-likeness (QED) is 0.843. The topological polar surface area (TPSA) is 45.1 Å². The molecule has 0 aliphatic carbocycles. The molecule has 19 heavy (non-hydrogen) atoms. The zero-order valence-corrected chi connectivity index (χ0v) is 11.6. The molecule has 3 nitrogen and oxygen atoms in total. The van der Waals surface area contributed by atoms with Crippen molar-refractivity contribution in [2.24, 2.45) is 0 Å². The van der Waals surface area contributed by atoms with E-state index in [9.17, 15) is 13.9 Å². The Balaban J connectivity index is 2.19. The van der Waals surface area contributed by atoms with Gasteiger partial charge in [-0.1, -0.05) is 0 Å². The summed E-state index contributed by atoms with van der Waals surface area (Å²) in [5.41, 5.74) is 1.13. The highest BCUT2D eigenvalue weighted by atomic mass is 79.9. The number of hydrogen-bond acceptors (Lipinski definition) is 3. The van der Waals surface area contributed by atoms with E-state index in [1.165, 1.54) is 6.07 Å². The lowest BCUT2D eigenvalue weighted by Gasteiger charge is -2.09. The number of aromatic nitrogens is 1. The van der Waals surface area contributed by atoms with Crippen LogP contribution in [0.3, 0.4) is 0 Å². The van der Waals surface area contributed by atoms with Gasteiger partial charge < -0.3 is 10.4 Å². The van der Waals surface area contributed by atoms with Crippen molar-refractivity contribution in [2.45, 2.75) is 13.5 Å². The minimum absolute atomic E-state index is 0.0103. The molecule has 0 amide bonds. The minimum Gasteiger partial charge on any atom is -0.506 e. The number of aromatic hydroxyl groups is 1. The van der Waals surface area contributed by atoms with Crippen LogP contribution in [-0.2, 0) is 6.54 Å². The van der Waals surface area contributed by atoms with Crippen LogP contribution in [0.5, 0.6) is 5.75 Å². The highest BCUT2D eigenvalue weighted by Gasteiger charge is 2.09. The van der Waals surface area contributed by atoms with Crippen LogP contribution in [0.2, 0.25) is 0 Å². The van der Waals surface area contributed by atoms with Gasteiger partial charge in [0.25, 0.3) is 0 Å². The first-order valence-corrected chi connectivity index (χ1v) is 6.30. The van der Waals surface area contributed by atoms with Gasteiger partial charge in [-0.15, -0.1) is 0 Å². The second kappa shape index (κ2) is 5.52. The van der Waals surface area contributed by atoms with Crippen molar-refractivity contribution in [2.75, 3.05) is 5.32 Å². The van der Waals surface area contributed by atoms with Crippen LogP contribution in [0.25, 0.3) is 0 Å². The van der Waals surface area contributed by atoms with Gasteiger partial charge in [0.15, 0.2) is 0 Å². The molecule has 1 aromatic heterocycles. The average molecular weight is 329 g/mol. The maximum atomic E-state index is 13.6. The fourth-order valence-corrected chi connectivity index (χ4v) is 1.89. The summed E-state index contributed by atoms with van der Waals surface area (Å²) in [7, 11) is 0. The van der Waals surface area contributed by atoms with Crippen molar-refractivity contribution in [3.8, 4) is 5.75 Å². The molecule has 2 rings (SSSR count). The zero-order chi connectivity index (χ0) is 14.0. The molecule has 6 heteroatoms. The number of hydrogen-bond donors (Lipinski definition) is 2. The molecule has 0 radical (unpaired) electrons. The Morgan fingerprint density at radius 2 is 2.00 bits per heavy atom. The zero-order valence-electron chi connectivity index (χ0n) is 10.0. The summed E-state index contributed by atoms with van der Waals surface area (Å²) in [4.78, 5) is 4.12. The van der Waals surface area contributed by atoms with E-state index in [4.69, 9.17) is 0 Å². The summed E-state index contributed by atoms with van der Waals surface area (Å²) in [5.74, 6) is -1.14. The van der Waals surface area contributed by atoms with E-state index in [-0.39, 0.29) is 22.5 Å². The molecule has 0 aliphatic heterocycles. The Bertz CT molecular complexity index is 620. The fraction of sp³-hybridized carbons (Fsp3) is 0.154. The molecular weight excluding hydrogens is 318 g/mol. The molecule has 2 N–H and O–H groups in total. The number of rotatable bonds is 3. The molecule has 0 unspecified atom stereocenters. The van der Waals surface area contributed by atoms with Gasteiger partial charge in [0.05, 0.1) is 16.7 Å². The Kier molecular flexibility index (Phi) is 3.99. The van der Waals surface area contributed by atoms with Gasteiger partial charge in [-0.2, -0.15) is 0 Å². The lowest BCUT2D eigenvalue weighted by Crippen LogP contribution is -2.05. The summed E-state index contributed by atoms with van der Waals surface area (Å²) in [6.45, 7) is 1.88. The van der Waals surface area contributed by atoms with Crippen LogP contribution >= 0.6 is 15.9 Å². The van der Waals surface area contributed by atoms with Crippen molar-refractivity contribution in [3.63, 3.8) is 0 Å². The average Bonchev–Trinajstić information content (AvgIpc) is 2.36. The molecule has 0 spiro atoms. The van der Waals surface area contributed by atoms with Crippen molar-refractivity contribution < 1.29 is 13.9 Å². The predicted molar refractivity (Wildman–Crippen MR) is 72.0 cm³/mol. The van der Waals surface area contributed by atoms with Crippen LogP contribution in [0.1, 0.15) is 11.4 Å².